The number of hydrogen-bond acceptors (Lipinski definition) is 5. The minimum atomic E-state index is -1.02. The Kier molecular flexibility index (Phi) is 4.04. The van der Waals surface area contributed by atoms with Gasteiger partial charge in [-0.15, -0.1) is 0 Å². The van der Waals surface area contributed by atoms with Crippen LogP contribution in [0.1, 0.15) is 32.3 Å². The molecule has 0 spiro atoms. The Labute approximate surface area is 137 Å². The molecular weight excluding hydrogens is 314 g/mol. The summed E-state index contributed by atoms with van der Waals surface area (Å²) in [4.78, 5) is 16.1. The second-order valence-electron chi connectivity index (χ2n) is 5.41. The van der Waals surface area contributed by atoms with Gasteiger partial charge in [-0.3, -0.25) is 0 Å². The van der Waals surface area contributed by atoms with Crippen molar-refractivity contribution < 1.29 is 14.6 Å². The molecule has 6 nitrogen and oxygen atoms in total. The molecule has 0 radical (unpaired) electrons. The van der Waals surface area contributed by atoms with Crippen LogP contribution >= 0.6 is 11.3 Å². The Morgan fingerprint density at radius 1 is 1.35 bits per heavy atom. The summed E-state index contributed by atoms with van der Waals surface area (Å²) in [6.45, 7) is 6.22. The lowest BCUT2D eigenvalue weighted by Gasteiger charge is -2.08. The molecule has 2 aromatic heterocycles. The van der Waals surface area contributed by atoms with Gasteiger partial charge in [0.15, 0.2) is 5.69 Å². The topological polar surface area (TPSA) is 76.7 Å². The number of ether oxygens (including phenoxy) is 1. The Balaban J connectivity index is 1.71. The molecule has 0 aliphatic carbocycles. The smallest absolute Gasteiger partial charge is 0.356 e. The highest BCUT2D eigenvalue weighted by atomic mass is 32.1. The van der Waals surface area contributed by atoms with Crippen molar-refractivity contribution in [2.24, 2.45) is 0 Å². The van der Waals surface area contributed by atoms with E-state index in [9.17, 15) is 9.90 Å². The van der Waals surface area contributed by atoms with E-state index in [1.165, 1.54) is 21.4 Å². The number of benzene rings is 1. The molecule has 1 aromatic carbocycles. The van der Waals surface area contributed by atoms with Crippen LogP contribution in [0.2, 0.25) is 0 Å². The lowest BCUT2D eigenvalue weighted by molar-refractivity contribution is 0.0687. The summed E-state index contributed by atoms with van der Waals surface area (Å²) < 4.78 is 7.19. The fourth-order valence-corrected chi connectivity index (χ4v) is 3.36. The SMILES string of the molecule is Cc1ccc(OCCc2nn3c(C(=O)O)c(C)nc3s2)c(C)c1. The molecule has 0 fully saturated rings. The van der Waals surface area contributed by atoms with Crippen LogP contribution in [-0.4, -0.2) is 32.3 Å². The molecule has 120 valence electrons. The van der Waals surface area contributed by atoms with Crippen molar-refractivity contribution in [1.29, 1.82) is 0 Å². The molecule has 0 aliphatic rings. The summed E-state index contributed by atoms with van der Waals surface area (Å²) in [6.07, 6.45) is 0.611. The summed E-state index contributed by atoms with van der Waals surface area (Å²) in [5, 5.41) is 14.4. The van der Waals surface area contributed by atoms with Crippen molar-refractivity contribution >= 4 is 22.3 Å². The average Bonchev–Trinajstić information content (AvgIpc) is 2.96. The predicted octanol–water partition coefficient (Wildman–Crippen LogP) is 3.04. The summed E-state index contributed by atoms with van der Waals surface area (Å²) in [5.41, 5.74) is 2.91. The molecule has 2 heterocycles. The molecule has 3 rings (SSSR count). The largest absolute Gasteiger partial charge is 0.493 e. The third-order valence-corrected chi connectivity index (χ3v) is 4.49. The first-order valence-electron chi connectivity index (χ1n) is 7.24. The number of carboxylic acids is 1. The van der Waals surface area contributed by atoms with E-state index in [0.29, 0.717) is 23.7 Å². The molecule has 1 N–H and O–H groups in total. The average molecular weight is 331 g/mol. The van der Waals surface area contributed by atoms with Crippen molar-refractivity contribution in [2.45, 2.75) is 27.2 Å². The van der Waals surface area contributed by atoms with Crippen LogP contribution in [0.25, 0.3) is 4.96 Å². The molecule has 7 heteroatoms. The second kappa shape index (κ2) is 6.00. The number of carbonyl (C=O) groups is 1. The van der Waals surface area contributed by atoms with E-state index in [1.807, 2.05) is 26.0 Å². The van der Waals surface area contributed by atoms with Gasteiger partial charge in [0.1, 0.15) is 10.8 Å². The van der Waals surface area contributed by atoms with E-state index in [4.69, 9.17) is 4.74 Å². The maximum Gasteiger partial charge on any atom is 0.356 e. The number of aromatic carboxylic acids is 1. The lowest BCUT2D eigenvalue weighted by atomic mass is 10.1. The van der Waals surface area contributed by atoms with Crippen molar-refractivity contribution in [2.75, 3.05) is 6.61 Å². The summed E-state index contributed by atoms with van der Waals surface area (Å²) in [6, 6.07) is 6.06. The van der Waals surface area contributed by atoms with E-state index in [2.05, 4.69) is 16.1 Å². The van der Waals surface area contributed by atoms with Gasteiger partial charge in [0.25, 0.3) is 0 Å². The van der Waals surface area contributed by atoms with Crippen molar-refractivity contribution in [3.05, 3.63) is 45.7 Å². The van der Waals surface area contributed by atoms with Gasteiger partial charge < -0.3 is 9.84 Å². The molecule has 0 amide bonds. The fraction of sp³-hybridized carbons (Fsp3) is 0.312. The van der Waals surface area contributed by atoms with E-state index < -0.39 is 5.97 Å². The van der Waals surface area contributed by atoms with Crippen molar-refractivity contribution in [1.82, 2.24) is 14.6 Å². The molecule has 0 aliphatic heterocycles. The van der Waals surface area contributed by atoms with Gasteiger partial charge in [-0.1, -0.05) is 29.0 Å². The van der Waals surface area contributed by atoms with Crippen LogP contribution in [0.15, 0.2) is 18.2 Å². The number of imidazole rings is 1. The zero-order valence-corrected chi connectivity index (χ0v) is 14.0. The number of rotatable bonds is 5. The van der Waals surface area contributed by atoms with Crippen LogP contribution in [0, 0.1) is 20.8 Å². The standard InChI is InChI=1S/C16H17N3O3S/c1-9-4-5-12(10(2)8-9)22-7-6-13-18-19-14(15(20)21)11(3)17-16(19)23-13/h4-5,8H,6-7H2,1-3H3,(H,20,21). The monoisotopic (exact) mass is 331 g/mol. The maximum atomic E-state index is 11.2. The van der Waals surface area contributed by atoms with Gasteiger partial charge in [0.2, 0.25) is 4.96 Å². The van der Waals surface area contributed by atoms with Gasteiger partial charge in [-0.25, -0.2) is 9.78 Å². The summed E-state index contributed by atoms with van der Waals surface area (Å²) in [7, 11) is 0. The van der Waals surface area contributed by atoms with E-state index in [-0.39, 0.29) is 5.69 Å². The zero-order chi connectivity index (χ0) is 16.6. The maximum absolute atomic E-state index is 11.2. The Morgan fingerprint density at radius 3 is 2.83 bits per heavy atom. The zero-order valence-electron chi connectivity index (χ0n) is 13.2. The van der Waals surface area contributed by atoms with Crippen LogP contribution < -0.4 is 4.74 Å². The summed E-state index contributed by atoms with van der Waals surface area (Å²) >= 11 is 1.39. The highest BCUT2D eigenvalue weighted by molar-refractivity contribution is 7.16. The number of aromatic nitrogens is 3. The molecule has 0 atom stereocenters. The molecule has 0 unspecified atom stereocenters. The van der Waals surface area contributed by atoms with Crippen LogP contribution in [0.4, 0.5) is 0 Å². The minimum Gasteiger partial charge on any atom is -0.493 e. The van der Waals surface area contributed by atoms with E-state index in [1.54, 1.807) is 6.92 Å². The first-order chi connectivity index (χ1) is 11.0. The number of fused-ring (bicyclic) bond motifs is 1. The van der Waals surface area contributed by atoms with Crippen molar-refractivity contribution in [3.8, 4) is 5.75 Å². The molecule has 0 bridgehead atoms. The number of hydrogen-bond donors (Lipinski definition) is 1. The Morgan fingerprint density at radius 2 is 2.13 bits per heavy atom. The number of carboxylic acid groups (broad SMARTS) is 1. The molecule has 23 heavy (non-hydrogen) atoms. The normalized spacial score (nSPS) is 11.1. The molecule has 0 saturated carbocycles. The van der Waals surface area contributed by atoms with E-state index in [0.717, 1.165) is 16.3 Å². The quantitative estimate of drug-likeness (QED) is 0.777. The van der Waals surface area contributed by atoms with Gasteiger partial charge in [-0.2, -0.15) is 9.61 Å². The molecule has 3 aromatic rings. The molecular formula is C16H17N3O3S. The van der Waals surface area contributed by atoms with Crippen LogP contribution in [-0.2, 0) is 6.42 Å². The Hall–Kier alpha value is -2.41. The van der Waals surface area contributed by atoms with E-state index >= 15 is 0 Å². The first-order valence-corrected chi connectivity index (χ1v) is 8.05. The van der Waals surface area contributed by atoms with Gasteiger partial charge in [0.05, 0.1) is 12.3 Å². The lowest BCUT2D eigenvalue weighted by Crippen LogP contribution is -2.06. The van der Waals surface area contributed by atoms with Crippen LogP contribution in [0.3, 0.4) is 0 Å². The van der Waals surface area contributed by atoms with Gasteiger partial charge in [0, 0.05) is 6.42 Å². The minimum absolute atomic E-state index is 0.123. The fourth-order valence-electron chi connectivity index (χ4n) is 2.44. The Bertz CT molecular complexity index is 882. The molecule has 0 saturated heterocycles. The third-order valence-electron chi connectivity index (χ3n) is 3.53. The number of nitrogens with zero attached hydrogens (tertiary/aromatic N) is 3. The highest BCUT2D eigenvalue weighted by Crippen LogP contribution is 2.21. The van der Waals surface area contributed by atoms with Gasteiger partial charge >= 0.3 is 5.97 Å². The summed E-state index contributed by atoms with van der Waals surface area (Å²) in [5.74, 6) is -0.155. The first kappa shape index (κ1) is 15.5. The van der Waals surface area contributed by atoms with Gasteiger partial charge in [-0.05, 0) is 32.4 Å². The van der Waals surface area contributed by atoms with Crippen LogP contribution in [0.5, 0.6) is 5.75 Å². The predicted molar refractivity (Wildman–Crippen MR) is 87.7 cm³/mol. The highest BCUT2D eigenvalue weighted by Gasteiger charge is 2.19. The second-order valence-corrected chi connectivity index (χ2v) is 6.45. The van der Waals surface area contributed by atoms with Crippen molar-refractivity contribution in [3.63, 3.8) is 0 Å². The number of aryl methyl sites for hydroxylation is 3. The third kappa shape index (κ3) is 3.05.